The molecule has 0 radical (unpaired) electrons. The van der Waals surface area contributed by atoms with Gasteiger partial charge in [-0.1, -0.05) is 19.8 Å². The van der Waals surface area contributed by atoms with E-state index < -0.39 is 5.79 Å². The minimum atomic E-state index is -0.681. The summed E-state index contributed by atoms with van der Waals surface area (Å²) in [4.78, 5) is 0. The molecule has 0 aromatic carbocycles. The molecule has 0 amide bonds. The topological polar surface area (TPSA) is 64.1 Å². The first-order chi connectivity index (χ1) is 5.47. The normalized spacial score (nSPS) is 23.0. The summed E-state index contributed by atoms with van der Waals surface area (Å²) in [5.41, 5.74) is 11.9. The van der Waals surface area contributed by atoms with Gasteiger partial charge in [-0.05, 0) is 26.2 Å². The van der Waals surface area contributed by atoms with Gasteiger partial charge in [-0.3, -0.25) is 5.32 Å². The molecule has 0 heterocycles. The smallest absolute Gasteiger partial charge is 0.118 e. The fraction of sp³-hybridized carbons (Fsp3) is 1.00. The van der Waals surface area contributed by atoms with Crippen molar-refractivity contribution in [2.75, 3.05) is 0 Å². The molecule has 3 nitrogen and oxygen atoms in total. The molecule has 0 atom stereocenters. The lowest BCUT2D eigenvalue weighted by Gasteiger charge is -2.35. The maximum absolute atomic E-state index is 5.85. The second-order valence-electron chi connectivity index (χ2n) is 4.29. The van der Waals surface area contributed by atoms with Crippen molar-refractivity contribution >= 4 is 0 Å². The summed E-state index contributed by atoms with van der Waals surface area (Å²) in [5.74, 6) is -0.681. The third-order valence-corrected chi connectivity index (χ3v) is 2.83. The number of hydrogen-bond donors (Lipinski definition) is 3. The monoisotopic (exact) mass is 171 g/mol. The zero-order valence-electron chi connectivity index (χ0n) is 8.19. The predicted molar refractivity (Wildman–Crippen MR) is 51.4 cm³/mol. The summed E-state index contributed by atoms with van der Waals surface area (Å²) in [7, 11) is 0. The Morgan fingerprint density at radius 1 is 1.33 bits per heavy atom. The minimum absolute atomic E-state index is 0.180. The van der Waals surface area contributed by atoms with Gasteiger partial charge < -0.3 is 11.5 Å². The summed E-state index contributed by atoms with van der Waals surface area (Å²) in [6.07, 6.45) is 5.75. The lowest BCUT2D eigenvalue weighted by Crippen LogP contribution is -2.66. The third kappa shape index (κ3) is 2.44. The summed E-state index contributed by atoms with van der Waals surface area (Å²) in [5, 5.41) is 3.34. The molecule has 1 aliphatic carbocycles. The van der Waals surface area contributed by atoms with Crippen molar-refractivity contribution < 1.29 is 0 Å². The van der Waals surface area contributed by atoms with Gasteiger partial charge in [0.15, 0.2) is 0 Å². The number of hydrogen-bond acceptors (Lipinski definition) is 3. The molecular weight excluding hydrogens is 150 g/mol. The highest BCUT2D eigenvalue weighted by Gasteiger charge is 2.33. The molecule has 3 heteroatoms. The van der Waals surface area contributed by atoms with Crippen LogP contribution in [0.5, 0.6) is 0 Å². The molecule has 1 saturated carbocycles. The van der Waals surface area contributed by atoms with Crippen molar-refractivity contribution in [3.8, 4) is 0 Å². The molecule has 72 valence electrons. The molecule has 12 heavy (non-hydrogen) atoms. The second-order valence-corrected chi connectivity index (χ2v) is 4.29. The van der Waals surface area contributed by atoms with Gasteiger partial charge in [0, 0.05) is 5.54 Å². The van der Waals surface area contributed by atoms with Crippen molar-refractivity contribution in [2.24, 2.45) is 11.5 Å². The molecule has 0 aromatic heterocycles. The number of nitrogens with one attached hydrogen (secondary N) is 1. The van der Waals surface area contributed by atoms with E-state index in [0.29, 0.717) is 0 Å². The summed E-state index contributed by atoms with van der Waals surface area (Å²) in [6.45, 7) is 4.22. The first-order valence-corrected chi connectivity index (χ1v) is 4.85. The van der Waals surface area contributed by atoms with Crippen LogP contribution < -0.4 is 16.8 Å². The van der Waals surface area contributed by atoms with Crippen LogP contribution in [0.3, 0.4) is 0 Å². The highest BCUT2D eigenvalue weighted by Crippen LogP contribution is 2.29. The van der Waals surface area contributed by atoms with Crippen LogP contribution in [0.15, 0.2) is 0 Å². The van der Waals surface area contributed by atoms with Gasteiger partial charge in [0.25, 0.3) is 0 Å². The van der Waals surface area contributed by atoms with Crippen molar-refractivity contribution in [1.29, 1.82) is 0 Å². The van der Waals surface area contributed by atoms with Crippen LogP contribution in [0.25, 0.3) is 0 Å². The van der Waals surface area contributed by atoms with E-state index in [1.54, 1.807) is 0 Å². The van der Waals surface area contributed by atoms with E-state index in [-0.39, 0.29) is 5.54 Å². The van der Waals surface area contributed by atoms with Gasteiger partial charge in [-0.2, -0.15) is 0 Å². The average molecular weight is 171 g/mol. The van der Waals surface area contributed by atoms with Crippen LogP contribution in [0.4, 0.5) is 0 Å². The molecule has 1 rings (SSSR count). The molecule has 0 saturated heterocycles. The first-order valence-electron chi connectivity index (χ1n) is 4.85. The Kier molecular flexibility index (Phi) is 2.76. The average Bonchev–Trinajstić information content (AvgIpc) is 2.35. The van der Waals surface area contributed by atoms with E-state index in [1.807, 2.05) is 6.92 Å². The van der Waals surface area contributed by atoms with Gasteiger partial charge in [0.2, 0.25) is 0 Å². The Morgan fingerprint density at radius 3 is 2.25 bits per heavy atom. The Morgan fingerprint density at radius 2 is 1.83 bits per heavy atom. The van der Waals surface area contributed by atoms with Crippen LogP contribution in [0.2, 0.25) is 0 Å². The van der Waals surface area contributed by atoms with E-state index in [2.05, 4.69) is 12.2 Å². The van der Waals surface area contributed by atoms with Gasteiger partial charge in [-0.15, -0.1) is 0 Å². The van der Waals surface area contributed by atoms with E-state index in [0.717, 1.165) is 6.42 Å². The zero-order valence-corrected chi connectivity index (χ0v) is 8.19. The zero-order chi connectivity index (χ0) is 9.24. The quantitative estimate of drug-likeness (QED) is 0.553. The van der Waals surface area contributed by atoms with Crippen molar-refractivity contribution in [3.63, 3.8) is 0 Å². The van der Waals surface area contributed by atoms with Crippen molar-refractivity contribution in [2.45, 2.75) is 57.3 Å². The Hall–Kier alpha value is -0.120. The first kappa shape index (κ1) is 9.96. The van der Waals surface area contributed by atoms with Crippen LogP contribution in [-0.4, -0.2) is 11.3 Å². The fourth-order valence-corrected chi connectivity index (χ4v) is 1.93. The fourth-order valence-electron chi connectivity index (χ4n) is 1.93. The van der Waals surface area contributed by atoms with E-state index >= 15 is 0 Å². The third-order valence-electron chi connectivity index (χ3n) is 2.83. The van der Waals surface area contributed by atoms with Crippen molar-refractivity contribution in [1.82, 2.24) is 5.32 Å². The largest absolute Gasteiger partial charge is 0.301 e. The van der Waals surface area contributed by atoms with Gasteiger partial charge in [-0.25, -0.2) is 0 Å². The maximum Gasteiger partial charge on any atom is 0.118 e. The second kappa shape index (κ2) is 3.32. The van der Waals surface area contributed by atoms with Gasteiger partial charge >= 0.3 is 0 Å². The van der Waals surface area contributed by atoms with Crippen molar-refractivity contribution in [3.05, 3.63) is 0 Å². The molecule has 1 aliphatic rings. The highest BCUT2D eigenvalue weighted by molar-refractivity contribution is 4.92. The van der Waals surface area contributed by atoms with Crippen LogP contribution in [0.1, 0.15) is 46.0 Å². The van der Waals surface area contributed by atoms with Gasteiger partial charge in [0.05, 0.1) is 0 Å². The summed E-state index contributed by atoms with van der Waals surface area (Å²) >= 11 is 0. The van der Waals surface area contributed by atoms with E-state index in [4.69, 9.17) is 11.5 Å². The Balaban J connectivity index is 2.48. The minimum Gasteiger partial charge on any atom is -0.301 e. The van der Waals surface area contributed by atoms with Crippen LogP contribution in [0, 0.1) is 0 Å². The molecular formula is C9H21N3. The highest BCUT2D eigenvalue weighted by atomic mass is 15.2. The standard InChI is InChI=1S/C9H21N3/c1-3-9(10,11)12-8(2)6-4-5-7-8/h12H,3-7,10-11H2,1-2H3. The molecule has 1 fully saturated rings. The summed E-state index contributed by atoms with van der Waals surface area (Å²) in [6, 6.07) is 0. The summed E-state index contributed by atoms with van der Waals surface area (Å²) < 4.78 is 0. The predicted octanol–water partition coefficient (Wildman–Crippen LogP) is 0.890. The van der Waals surface area contributed by atoms with E-state index in [9.17, 15) is 0 Å². The van der Waals surface area contributed by atoms with Crippen LogP contribution in [-0.2, 0) is 0 Å². The molecule has 5 N–H and O–H groups in total. The maximum atomic E-state index is 5.85. The molecule has 0 aromatic rings. The van der Waals surface area contributed by atoms with E-state index in [1.165, 1.54) is 25.7 Å². The molecule has 0 spiro atoms. The number of nitrogens with two attached hydrogens (primary N) is 2. The van der Waals surface area contributed by atoms with Gasteiger partial charge in [0.1, 0.15) is 5.79 Å². The number of rotatable bonds is 3. The lowest BCUT2D eigenvalue weighted by molar-refractivity contribution is 0.222. The molecule has 0 unspecified atom stereocenters. The molecule has 0 aliphatic heterocycles. The SMILES string of the molecule is CCC(N)(N)NC1(C)CCCC1. The van der Waals surface area contributed by atoms with Crippen LogP contribution >= 0.6 is 0 Å². The Bertz CT molecular complexity index is 148. The molecule has 0 bridgehead atoms. The Labute approximate surface area is 74.9 Å². The lowest BCUT2D eigenvalue weighted by atomic mass is 9.99.